The Hall–Kier alpha value is -0.360. The van der Waals surface area contributed by atoms with Crippen molar-refractivity contribution in [2.45, 2.75) is 18.9 Å². The molecule has 0 radical (unpaired) electrons. The monoisotopic (exact) mass is 309 g/mol. The van der Waals surface area contributed by atoms with Crippen LogP contribution in [-0.2, 0) is 4.79 Å². The van der Waals surface area contributed by atoms with Crippen LogP contribution in [0, 0.1) is 0 Å². The van der Waals surface area contributed by atoms with Crippen molar-refractivity contribution in [3.63, 3.8) is 0 Å². The van der Waals surface area contributed by atoms with Crippen LogP contribution in [0.25, 0.3) is 0 Å². The van der Waals surface area contributed by atoms with Crippen molar-refractivity contribution in [3.05, 3.63) is 16.6 Å². The van der Waals surface area contributed by atoms with Crippen LogP contribution in [0.1, 0.15) is 23.9 Å². The fourth-order valence-corrected chi connectivity index (χ4v) is 2.95. The molecule has 1 saturated heterocycles. The number of hydrogen-bond acceptors (Lipinski definition) is 4. The Morgan fingerprint density at radius 1 is 1.56 bits per heavy atom. The Balaban J connectivity index is 0.00000162. The van der Waals surface area contributed by atoms with Crippen molar-refractivity contribution >= 4 is 41.3 Å². The minimum absolute atomic E-state index is 0. The number of halogens is 2. The van der Waals surface area contributed by atoms with E-state index in [9.17, 15) is 4.79 Å². The number of carbonyl (C=O) groups excluding carboxylic acids is 1. The first-order chi connectivity index (χ1) is 8.31. The van der Waals surface area contributed by atoms with Crippen LogP contribution in [0.3, 0.4) is 0 Å². The van der Waals surface area contributed by atoms with E-state index in [2.05, 4.69) is 15.2 Å². The maximum Gasteiger partial charge on any atom is 0.234 e. The van der Waals surface area contributed by atoms with E-state index in [4.69, 9.17) is 11.6 Å². The molecule has 102 valence electrons. The van der Waals surface area contributed by atoms with Gasteiger partial charge in [-0.25, -0.2) is 4.98 Å². The zero-order valence-electron chi connectivity index (χ0n) is 9.97. The standard InChI is InChI=1S/C11H16ClN3OS.ClH/c12-7-10(16)14-8-9(11-13-3-6-17-11)15-4-1-2-5-15;/h3,6,9H,1-2,4-5,7-8H2,(H,14,16);1H. The molecule has 2 heterocycles. The number of aromatic nitrogens is 1. The first kappa shape index (κ1) is 15.7. The SMILES string of the molecule is Cl.O=C(CCl)NCC(c1nccs1)N1CCCC1. The summed E-state index contributed by atoms with van der Waals surface area (Å²) in [6.45, 7) is 2.76. The molecule has 0 bridgehead atoms. The third-order valence-corrected chi connectivity index (χ3v) is 4.05. The Morgan fingerprint density at radius 3 is 2.83 bits per heavy atom. The number of nitrogens with zero attached hydrogens (tertiary/aromatic N) is 2. The lowest BCUT2D eigenvalue weighted by atomic mass is 10.2. The van der Waals surface area contributed by atoms with E-state index in [0.29, 0.717) is 6.54 Å². The molecule has 1 aliphatic heterocycles. The number of carbonyl (C=O) groups is 1. The van der Waals surface area contributed by atoms with Crippen molar-refractivity contribution in [1.82, 2.24) is 15.2 Å². The highest BCUT2D eigenvalue weighted by Crippen LogP contribution is 2.25. The lowest BCUT2D eigenvalue weighted by Gasteiger charge is -2.25. The van der Waals surface area contributed by atoms with Crippen molar-refractivity contribution in [2.75, 3.05) is 25.5 Å². The normalized spacial score (nSPS) is 17.2. The molecule has 0 saturated carbocycles. The maximum absolute atomic E-state index is 11.2. The minimum Gasteiger partial charge on any atom is -0.353 e. The van der Waals surface area contributed by atoms with Gasteiger partial charge in [0, 0.05) is 18.1 Å². The Morgan fingerprint density at radius 2 is 2.28 bits per heavy atom. The highest BCUT2D eigenvalue weighted by atomic mass is 35.5. The Kier molecular flexibility index (Phi) is 6.92. The molecule has 1 aliphatic rings. The summed E-state index contributed by atoms with van der Waals surface area (Å²) >= 11 is 7.12. The lowest BCUT2D eigenvalue weighted by Crippen LogP contribution is -2.37. The van der Waals surface area contributed by atoms with E-state index in [-0.39, 0.29) is 30.2 Å². The van der Waals surface area contributed by atoms with Crippen LogP contribution in [0.4, 0.5) is 0 Å². The van der Waals surface area contributed by atoms with Gasteiger partial charge in [0.2, 0.25) is 5.91 Å². The number of likely N-dealkylation sites (tertiary alicyclic amines) is 1. The van der Waals surface area contributed by atoms with E-state index >= 15 is 0 Å². The quantitative estimate of drug-likeness (QED) is 0.847. The Bertz CT molecular complexity index is 355. The van der Waals surface area contributed by atoms with Crippen molar-refractivity contribution < 1.29 is 4.79 Å². The highest BCUT2D eigenvalue weighted by molar-refractivity contribution is 7.09. The molecular weight excluding hydrogens is 293 g/mol. The van der Waals surface area contributed by atoms with Crippen molar-refractivity contribution in [3.8, 4) is 0 Å². The van der Waals surface area contributed by atoms with Crippen LogP contribution in [-0.4, -0.2) is 41.3 Å². The zero-order chi connectivity index (χ0) is 12.1. The van der Waals surface area contributed by atoms with Gasteiger partial charge in [-0.05, 0) is 25.9 Å². The zero-order valence-corrected chi connectivity index (χ0v) is 12.4. The van der Waals surface area contributed by atoms with Gasteiger partial charge in [-0.15, -0.1) is 35.3 Å². The van der Waals surface area contributed by atoms with E-state index < -0.39 is 0 Å². The molecule has 1 atom stereocenters. The highest BCUT2D eigenvalue weighted by Gasteiger charge is 2.25. The second-order valence-corrected chi connectivity index (χ2v) is 5.26. The van der Waals surface area contributed by atoms with Gasteiger partial charge in [0.15, 0.2) is 0 Å². The van der Waals surface area contributed by atoms with E-state index in [0.717, 1.165) is 18.1 Å². The molecule has 0 aliphatic carbocycles. The first-order valence-electron chi connectivity index (χ1n) is 5.77. The number of nitrogens with one attached hydrogen (secondary N) is 1. The van der Waals surface area contributed by atoms with Gasteiger partial charge in [-0.2, -0.15) is 0 Å². The number of amides is 1. The van der Waals surface area contributed by atoms with Gasteiger partial charge in [-0.1, -0.05) is 0 Å². The molecule has 1 amide bonds. The molecule has 1 aromatic heterocycles. The molecule has 1 aromatic rings. The summed E-state index contributed by atoms with van der Waals surface area (Å²) < 4.78 is 0. The second-order valence-electron chi connectivity index (χ2n) is 4.07. The fraction of sp³-hybridized carbons (Fsp3) is 0.636. The molecule has 0 aromatic carbocycles. The van der Waals surface area contributed by atoms with Gasteiger partial charge in [0.1, 0.15) is 10.9 Å². The summed E-state index contributed by atoms with van der Waals surface area (Å²) in [6.07, 6.45) is 4.27. The van der Waals surface area contributed by atoms with Crippen LogP contribution < -0.4 is 5.32 Å². The largest absolute Gasteiger partial charge is 0.353 e. The van der Waals surface area contributed by atoms with E-state index in [1.807, 2.05) is 11.6 Å². The van der Waals surface area contributed by atoms with Gasteiger partial charge in [-0.3, -0.25) is 9.69 Å². The first-order valence-corrected chi connectivity index (χ1v) is 7.19. The van der Waals surface area contributed by atoms with Crippen molar-refractivity contribution in [1.29, 1.82) is 0 Å². The molecule has 1 unspecified atom stereocenters. The second kappa shape index (κ2) is 7.94. The lowest BCUT2D eigenvalue weighted by molar-refractivity contribution is -0.118. The number of alkyl halides is 1. The molecule has 2 rings (SSSR count). The van der Waals surface area contributed by atoms with E-state index in [1.54, 1.807) is 11.3 Å². The summed E-state index contributed by atoms with van der Waals surface area (Å²) in [5, 5.41) is 5.90. The average molecular weight is 310 g/mol. The minimum atomic E-state index is -0.118. The summed E-state index contributed by atoms with van der Waals surface area (Å²) in [7, 11) is 0. The predicted molar refractivity (Wildman–Crippen MR) is 76.6 cm³/mol. The van der Waals surface area contributed by atoms with E-state index in [1.165, 1.54) is 12.8 Å². The predicted octanol–water partition coefficient (Wildman–Crippen LogP) is 2.06. The molecular formula is C11H17Cl2N3OS. The molecule has 1 N–H and O–H groups in total. The third kappa shape index (κ3) is 4.09. The molecule has 7 heteroatoms. The maximum atomic E-state index is 11.2. The molecule has 0 spiro atoms. The third-order valence-electron chi connectivity index (χ3n) is 2.93. The Labute approximate surface area is 122 Å². The summed E-state index contributed by atoms with van der Waals surface area (Å²) in [6, 6.07) is 0.199. The summed E-state index contributed by atoms with van der Waals surface area (Å²) in [5.41, 5.74) is 0. The molecule has 18 heavy (non-hydrogen) atoms. The topological polar surface area (TPSA) is 45.2 Å². The molecule has 1 fully saturated rings. The summed E-state index contributed by atoms with van der Waals surface area (Å²) in [4.78, 5) is 18.0. The van der Waals surface area contributed by atoms with Crippen LogP contribution in [0.2, 0.25) is 0 Å². The van der Waals surface area contributed by atoms with Crippen LogP contribution in [0.5, 0.6) is 0 Å². The van der Waals surface area contributed by atoms with Crippen LogP contribution >= 0.6 is 35.3 Å². The number of thiazole rings is 1. The number of rotatable bonds is 5. The van der Waals surface area contributed by atoms with Gasteiger partial charge in [0.05, 0.1) is 6.04 Å². The van der Waals surface area contributed by atoms with Gasteiger partial charge in [0.25, 0.3) is 0 Å². The van der Waals surface area contributed by atoms with Gasteiger partial charge < -0.3 is 5.32 Å². The van der Waals surface area contributed by atoms with Gasteiger partial charge >= 0.3 is 0 Å². The van der Waals surface area contributed by atoms with Crippen molar-refractivity contribution in [2.24, 2.45) is 0 Å². The number of hydrogen-bond donors (Lipinski definition) is 1. The fourth-order valence-electron chi connectivity index (χ4n) is 2.08. The van der Waals surface area contributed by atoms with Crippen LogP contribution in [0.15, 0.2) is 11.6 Å². The average Bonchev–Trinajstić information content (AvgIpc) is 3.01. The smallest absolute Gasteiger partial charge is 0.234 e. The summed E-state index contributed by atoms with van der Waals surface area (Å²) in [5.74, 6) is -0.0997. The molecule has 4 nitrogen and oxygen atoms in total.